The summed E-state index contributed by atoms with van der Waals surface area (Å²) < 4.78 is 5.23. The van der Waals surface area contributed by atoms with Crippen LogP contribution >= 0.6 is 11.8 Å². The van der Waals surface area contributed by atoms with Gasteiger partial charge in [-0.2, -0.15) is 0 Å². The Morgan fingerprint density at radius 2 is 2.05 bits per heavy atom. The number of amides is 1. The molecule has 0 radical (unpaired) electrons. The standard InChI is InChI=1S/C16H19NO3S/c1-17(12-14-4-2-10-20-14)16(19)5-3-11-21-15-8-6-13(18)7-9-15/h2,4,6-10,18H,3,5,11-12H2,1H3. The summed E-state index contributed by atoms with van der Waals surface area (Å²) in [6, 6.07) is 10.8. The first-order chi connectivity index (χ1) is 10.1. The van der Waals surface area contributed by atoms with Gasteiger partial charge >= 0.3 is 0 Å². The molecule has 0 aliphatic rings. The Morgan fingerprint density at radius 1 is 1.29 bits per heavy atom. The van der Waals surface area contributed by atoms with Crippen molar-refractivity contribution in [3.05, 3.63) is 48.4 Å². The molecule has 0 aliphatic heterocycles. The minimum atomic E-state index is 0.123. The Hall–Kier alpha value is -1.88. The SMILES string of the molecule is CN(Cc1ccco1)C(=O)CCCSc1ccc(O)cc1. The van der Waals surface area contributed by atoms with Gasteiger partial charge in [0.2, 0.25) is 5.91 Å². The van der Waals surface area contributed by atoms with Crippen LogP contribution in [-0.4, -0.2) is 28.7 Å². The summed E-state index contributed by atoms with van der Waals surface area (Å²) >= 11 is 1.69. The van der Waals surface area contributed by atoms with E-state index in [-0.39, 0.29) is 11.7 Å². The van der Waals surface area contributed by atoms with Crippen LogP contribution in [0.4, 0.5) is 0 Å². The smallest absolute Gasteiger partial charge is 0.222 e. The lowest BCUT2D eigenvalue weighted by Crippen LogP contribution is -2.25. The van der Waals surface area contributed by atoms with Gasteiger partial charge in [0.1, 0.15) is 11.5 Å². The van der Waals surface area contributed by atoms with E-state index in [2.05, 4.69) is 0 Å². The molecule has 0 spiro atoms. The van der Waals surface area contributed by atoms with Gasteiger partial charge in [0.15, 0.2) is 0 Å². The third kappa shape index (κ3) is 5.19. The highest BCUT2D eigenvalue weighted by Crippen LogP contribution is 2.21. The summed E-state index contributed by atoms with van der Waals surface area (Å²) in [6.45, 7) is 0.511. The van der Waals surface area contributed by atoms with Crippen LogP contribution in [0.15, 0.2) is 52.0 Å². The fraction of sp³-hybridized carbons (Fsp3) is 0.312. The Labute approximate surface area is 128 Å². The third-order valence-electron chi connectivity index (χ3n) is 3.04. The lowest BCUT2D eigenvalue weighted by molar-refractivity contribution is -0.130. The van der Waals surface area contributed by atoms with Crippen molar-refractivity contribution in [3.63, 3.8) is 0 Å². The first-order valence-electron chi connectivity index (χ1n) is 6.83. The summed E-state index contributed by atoms with van der Waals surface area (Å²) in [4.78, 5) is 14.8. The average Bonchev–Trinajstić information content (AvgIpc) is 2.98. The van der Waals surface area contributed by atoms with Crippen LogP contribution in [0.5, 0.6) is 5.75 Å². The zero-order valence-corrected chi connectivity index (χ0v) is 12.8. The van der Waals surface area contributed by atoms with Gasteiger partial charge in [-0.25, -0.2) is 0 Å². The molecule has 2 rings (SSSR count). The molecule has 0 saturated heterocycles. The summed E-state index contributed by atoms with van der Waals surface area (Å²) in [7, 11) is 1.79. The number of carbonyl (C=O) groups is 1. The highest BCUT2D eigenvalue weighted by molar-refractivity contribution is 7.99. The van der Waals surface area contributed by atoms with Crippen molar-refractivity contribution in [1.82, 2.24) is 4.90 Å². The van der Waals surface area contributed by atoms with Gasteiger partial charge in [0.25, 0.3) is 0 Å². The van der Waals surface area contributed by atoms with E-state index in [1.54, 1.807) is 42.1 Å². The van der Waals surface area contributed by atoms with E-state index in [9.17, 15) is 9.90 Å². The summed E-state index contributed by atoms with van der Waals surface area (Å²) in [5.41, 5.74) is 0. The van der Waals surface area contributed by atoms with Crippen LogP contribution in [0.3, 0.4) is 0 Å². The van der Waals surface area contributed by atoms with Crippen molar-refractivity contribution in [1.29, 1.82) is 0 Å². The van der Waals surface area contributed by atoms with Gasteiger partial charge in [-0.1, -0.05) is 0 Å². The van der Waals surface area contributed by atoms with Gasteiger partial charge in [0, 0.05) is 18.4 Å². The second kappa shape index (κ2) is 7.78. The number of phenolic OH excluding ortho intramolecular Hbond substituents is 1. The molecular formula is C16H19NO3S. The van der Waals surface area contributed by atoms with Gasteiger partial charge < -0.3 is 14.4 Å². The van der Waals surface area contributed by atoms with E-state index in [4.69, 9.17) is 4.42 Å². The van der Waals surface area contributed by atoms with Crippen LogP contribution < -0.4 is 0 Å². The molecular weight excluding hydrogens is 286 g/mol. The molecule has 0 saturated carbocycles. The van der Waals surface area contributed by atoms with Crippen molar-refractivity contribution in [2.24, 2.45) is 0 Å². The van der Waals surface area contributed by atoms with E-state index in [1.165, 1.54) is 0 Å². The third-order valence-corrected chi connectivity index (χ3v) is 4.14. The molecule has 1 N–H and O–H groups in total. The maximum atomic E-state index is 12.0. The molecule has 0 bridgehead atoms. The van der Waals surface area contributed by atoms with Crippen LogP contribution in [0.2, 0.25) is 0 Å². The van der Waals surface area contributed by atoms with Crippen molar-refractivity contribution in [2.75, 3.05) is 12.8 Å². The highest BCUT2D eigenvalue weighted by Gasteiger charge is 2.10. The molecule has 21 heavy (non-hydrogen) atoms. The fourth-order valence-corrected chi connectivity index (χ4v) is 2.72. The van der Waals surface area contributed by atoms with Crippen LogP contribution in [-0.2, 0) is 11.3 Å². The van der Waals surface area contributed by atoms with Crippen molar-refractivity contribution in [2.45, 2.75) is 24.3 Å². The molecule has 5 heteroatoms. The number of thioether (sulfide) groups is 1. The minimum Gasteiger partial charge on any atom is -0.508 e. The summed E-state index contributed by atoms with van der Waals surface area (Å²) in [6.07, 6.45) is 2.97. The number of benzene rings is 1. The molecule has 1 aromatic carbocycles. The number of hydrogen-bond donors (Lipinski definition) is 1. The summed E-state index contributed by atoms with van der Waals surface area (Å²) in [5, 5.41) is 9.20. The van der Waals surface area contributed by atoms with Crippen molar-refractivity contribution >= 4 is 17.7 Å². The Kier molecular flexibility index (Phi) is 5.75. The topological polar surface area (TPSA) is 53.7 Å². The maximum absolute atomic E-state index is 12.0. The Balaban J connectivity index is 1.65. The van der Waals surface area contributed by atoms with E-state index >= 15 is 0 Å². The molecule has 1 heterocycles. The molecule has 1 amide bonds. The minimum absolute atomic E-state index is 0.123. The van der Waals surface area contributed by atoms with Gasteiger partial charge in [-0.05, 0) is 48.6 Å². The Bertz CT molecular complexity index is 551. The molecule has 112 valence electrons. The number of phenols is 1. The van der Waals surface area contributed by atoms with Crippen molar-refractivity contribution in [3.8, 4) is 5.75 Å². The normalized spacial score (nSPS) is 10.5. The lowest BCUT2D eigenvalue weighted by Gasteiger charge is -2.15. The molecule has 1 aromatic heterocycles. The Morgan fingerprint density at radius 3 is 2.71 bits per heavy atom. The van der Waals surface area contributed by atoms with Crippen LogP contribution in [0.1, 0.15) is 18.6 Å². The van der Waals surface area contributed by atoms with Crippen LogP contribution in [0, 0.1) is 0 Å². The fourth-order valence-electron chi connectivity index (χ4n) is 1.87. The molecule has 0 fully saturated rings. The number of nitrogens with zero attached hydrogens (tertiary/aromatic N) is 1. The van der Waals surface area contributed by atoms with Gasteiger partial charge in [-0.15, -0.1) is 11.8 Å². The molecule has 4 nitrogen and oxygen atoms in total. The molecule has 2 aromatic rings. The van der Waals surface area contributed by atoms with Gasteiger partial charge in [0.05, 0.1) is 12.8 Å². The second-order valence-corrected chi connectivity index (χ2v) is 5.94. The second-order valence-electron chi connectivity index (χ2n) is 4.78. The maximum Gasteiger partial charge on any atom is 0.222 e. The number of furan rings is 1. The number of aromatic hydroxyl groups is 1. The van der Waals surface area contributed by atoms with E-state index in [0.717, 1.165) is 22.8 Å². The molecule has 0 unspecified atom stereocenters. The number of rotatable bonds is 7. The average molecular weight is 305 g/mol. The number of carbonyl (C=O) groups excluding carboxylic acids is 1. The monoisotopic (exact) mass is 305 g/mol. The summed E-state index contributed by atoms with van der Waals surface area (Å²) in [5.74, 6) is 2.07. The quantitative estimate of drug-likeness (QED) is 0.628. The predicted octanol–water partition coefficient (Wildman–Crippen LogP) is 3.52. The largest absolute Gasteiger partial charge is 0.508 e. The first-order valence-corrected chi connectivity index (χ1v) is 7.82. The zero-order chi connectivity index (χ0) is 15.1. The van der Waals surface area contributed by atoms with Crippen molar-refractivity contribution < 1.29 is 14.3 Å². The van der Waals surface area contributed by atoms with Gasteiger partial charge in [-0.3, -0.25) is 4.79 Å². The zero-order valence-electron chi connectivity index (χ0n) is 12.0. The molecule has 0 atom stereocenters. The lowest BCUT2D eigenvalue weighted by atomic mass is 10.3. The highest BCUT2D eigenvalue weighted by atomic mass is 32.2. The van der Waals surface area contributed by atoms with E-state index in [1.807, 2.05) is 24.3 Å². The van der Waals surface area contributed by atoms with E-state index < -0.39 is 0 Å². The first kappa shape index (κ1) is 15.5. The number of hydrogen-bond acceptors (Lipinski definition) is 4. The molecule has 0 aliphatic carbocycles. The van der Waals surface area contributed by atoms with Crippen LogP contribution in [0.25, 0.3) is 0 Å². The predicted molar refractivity (Wildman–Crippen MR) is 83.2 cm³/mol. The van der Waals surface area contributed by atoms with E-state index in [0.29, 0.717) is 13.0 Å².